The molecular weight excluding hydrogens is 591 g/mol. The van der Waals surface area contributed by atoms with Gasteiger partial charge in [0, 0.05) is 9.77 Å². The Bertz CT molecular complexity index is 1130. The van der Waals surface area contributed by atoms with Gasteiger partial charge in [0.1, 0.15) is 0 Å². The predicted molar refractivity (Wildman–Crippen MR) is 104 cm³/mol. The van der Waals surface area contributed by atoms with Gasteiger partial charge in [-0.3, -0.25) is 0 Å². The summed E-state index contributed by atoms with van der Waals surface area (Å²) in [5.41, 5.74) is 0. The Labute approximate surface area is 202 Å². The molecule has 36 heavy (non-hydrogen) atoms. The molecule has 2 aromatic rings. The number of thioether (sulfide) groups is 1. The number of rotatable bonds is 10. The maximum atomic E-state index is 14.3. The highest BCUT2D eigenvalue weighted by Gasteiger charge is 2.92. The molecule has 0 radical (unpaired) electrons. The first-order valence-corrected chi connectivity index (χ1v) is 12.4. The molecule has 2 rings (SSSR count). The number of hydrogen-bond acceptors (Lipinski definition) is 4. The van der Waals surface area contributed by atoms with Gasteiger partial charge in [-0.25, -0.2) is 8.42 Å². The molecule has 1 unspecified atom stereocenters. The summed E-state index contributed by atoms with van der Waals surface area (Å²) in [4.78, 5) is 0.0927. The molecule has 2 nitrogen and oxygen atoms in total. The van der Waals surface area contributed by atoms with Gasteiger partial charge < -0.3 is 0 Å². The molecule has 0 aliphatic rings. The van der Waals surface area contributed by atoms with Crippen LogP contribution < -0.4 is 0 Å². The first-order chi connectivity index (χ1) is 16.0. The van der Waals surface area contributed by atoms with Gasteiger partial charge in [0.15, 0.2) is 0 Å². The van der Waals surface area contributed by atoms with Crippen LogP contribution in [-0.4, -0.2) is 49.3 Å². The monoisotopic (exact) mass is 602 g/mol. The van der Waals surface area contributed by atoms with Gasteiger partial charge in [-0.2, -0.15) is 57.1 Å². The number of hydrogen-bond donors (Lipinski definition) is 0. The number of sulfone groups is 1. The Morgan fingerprint density at radius 2 is 1.19 bits per heavy atom. The Hall–Kier alpha value is -1.69. The fraction of sp³-hybridized carbons (Fsp3) is 0.444. The zero-order valence-corrected chi connectivity index (χ0v) is 19.3. The van der Waals surface area contributed by atoms with Crippen molar-refractivity contribution in [3.05, 3.63) is 52.7 Å². The van der Waals surface area contributed by atoms with E-state index in [2.05, 4.69) is 0 Å². The summed E-state index contributed by atoms with van der Waals surface area (Å²) < 4.78 is 198. The van der Waals surface area contributed by atoms with Crippen LogP contribution in [0.2, 0.25) is 0 Å². The van der Waals surface area contributed by atoms with Gasteiger partial charge in [-0.05, 0) is 23.6 Å². The van der Waals surface area contributed by atoms with Crippen LogP contribution in [0.4, 0.5) is 57.1 Å². The highest BCUT2D eigenvalue weighted by molar-refractivity contribution is 8.01. The Kier molecular flexibility index (Phi) is 8.11. The first-order valence-electron chi connectivity index (χ1n) is 8.98. The van der Waals surface area contributed by atoms with Crippen LogP contribution in [0.5, 0.6) is 0 Å². The predicted octanol–water partition coefficient (Wildman–Crippen LogP) is 7.69. The molecule has 0 N–H and O–H groups in total. The van der Waals surface area contributed by atoms with Gasteiger partial charge in [-0.1, -0.05) is 24.3 Å². The largest absolute Gasteiger partial charge is 0.460 e. The van der Waals surface area contributed by atoms with Crippen LogP contribution in [0.15, 0.2) is 52.7 Å². The quantitative estimate of drug-likeness (QED) is 0.207. The number of halogens is 13. The molecule has 1 aromatic carbocycles. The lowest BCUT2D eigenvalue weighted by molar-refractivity contribution is -0.433. The van der Waals surface area contributed by atoms with Crippen molar-refractivity contribution in [1.82, 2.24) is 0 Å². The fourth-order valence-electron chi connectivity index (χ4n) is 2.57. The lowest BCUT2D eigenvalue weighted by Crippen LogP contribution is -2.71. The maximum absolute atomic E-state index is 14.3. The number of alkyl halides is 13. The van der Waals surface area contributed by atoms with Crippen LogP contribution in [0.25, 0.3) is 0 Å². The van der Waals surface area contributed by atoms with Crippen LogP contribution >= 0.6 is 23.1 Å². The molecule has 204 valence electrons. The molecule has 0 aliphatic heterocycles. The third-order valence-electron chi connectivity index (χ3n) is 4.55. The van der Waals surface area contributed by atoms with E-state index < -0.39 is 56.0 Å². The second-order valence-electron chi connectivity index (χ2n) is 7.03. The Morgan fingerprint density at radius 1 is 0.694 bits per heavy atom. The van der Waals surface area contributed by atoms with E-state index in [0.29, 0.717) is 23.1 Å². The van der Waals surface area contributed by atoms with Crippen molar-refractivity contribution in [3.63, 3.8) is 0 Å². The highest BCUT2D eigenvalue weighted by Crippen LogP contribution is 2.61. The summed E-state index contributed by atoms with van der Waals surface area (Å²) in [6.07, 6.45) is -7.58. The van der Waals surface area contributed by atoms with Crippen LogP contribution in [0.1, 0.15) is 10.1 Å². The molecule has 0 aliphatic carbocycles. The molecule has 1 atom stereocenters. The average Bonchev–Trinajstić information content (AvgIpc) is 3.27. The van der Waals surface area contributed by atoms with Crippen molar-refractivity contribution in [2.24, 2.45) is 0 Å². The van der Waals surface area contributed by atoms with Crippen molar-refractivity contribution in [2.45, 2.75) is 45.3 Å². The minimum atomic E-state index is -8.18. The molecule has 18 heteroatoms. The molecule has 0 bridgehead atoms. The lowest BCUT2D eigenvalue weighted by atomic mass is 9.98. The van der Waals surface area contributed by atoms with E-state index in [1.807, 2.05) is 0 Å². The molecule has 0 amide bonds. The zero-order valence-electron chi connectivity index (χ0n) is 16.9. The standard InChI is InChI=1S/C18H11F13O2S3/c19-13(20,15(23,24)17(27,28)29)14(21,22)16(25,26)18(30,31)36(32,33)9-12(11-7-4-8-34-11)35-10-5-2-1-3-6-10/h1-8,12H,9H2. The van der Waals surface area contributed by atoms with Gasteiger partial charge in [-0.15, -0.1) is 23.1 Å². The van der Waals surface area contributed by atoms with Crippen LogP contribution in [0, 0.1) is 0 Å². The topological polar surface area (TPSA) is 34.1 Å². The zero-order chi connectivity index (χ0) is 28.0. The molecule has 0 saturated carbocycles. The van der Waals surface area contributed by atoms with Crippen molar-refractivity contribution < 1.29 is 65.5 Å². The van der Waals surface area contributed by atoms with Crippen LogP contribution in [-0.2, 0) is 9.84 Å². The van der Waals surface area contributed by atoms with Gasteiger partial charge in [0.05, 0.1) is 11.0 Å². The summed E-state index contributed by atoms with van der Waals surface area (Å²) in [5, 5.41) is -7.63. The third kappa shape index (κ3) is 4.91. The van der Waals surface area contributed by atoms with Crippen molar-refractivity contribution in [3.8, 4) is 0 Å². The van der Waals surface area contributed by atoms with E-state index in [9.17, 15) is 65.5 Å². The van der Waals surface area contributed by atoms with Gasteiger partial charge in [0.2, 0.25) is 9.84 Å². The Morgan fingerprint density at radius 3 is 1.64 bits per heavy atom. The summed E-state index contributed by atoms with van der Waals surface area (Å²) in [6.45, 7) is 0. The van der Waals surface area contributed by atoms with Crippen molar-refractivity contribution >= 4 is 32.9 Å². The van der Waals surface area contributed by atoms with Crippen molar-refractivity contribution in [1.29, 1.82) is 0 Å². The highest BCUT2D eigenvalue weighted by atomic mass is 32.2. The normalized spacial score (nSPS) is 15.7. The maximum Gasteiger partial charge on any atom is 0.460 e. The lowest BCUT2D eigenvalue weighted by Gasteiger charge is -2.39. The molecular formula is C18H11F13O2S3. The van der Waals surface area contributed by atoms with E-state index >= 15 is 0 Å². The van der Waals surface area contributed by atoms with E-state index in [1.54, 1.807) is 0 Å². The minimum absolute atomic E-state index is 0.0766. The second kappa shape index (κ2) is 9.56. The number of thiophene rings is 1. The summed E-state index contributed by atoms with van der Waals surface area (Å²) in [7, 11) is -6.92. The Balaban J connectivity index is 2.53. The first kappa shape index (κ1) is 30.5. The van der Waals surface area contributed by atoms with E-state index in [1.165, 1.54) is 41.8 Å². The number of benzene rings is 1. The summed E-state index contributed by atoms with van der Waals surface area (Å²) >= 11 is 1.18. The molecule has 0 spiro atoms. The summed E-state index contributed by atoms with van der Waals surface area (Å²) in [6, 6.07) is 9.32. The SMILES string of the molecule is O=S(=O)(CC(Sc1ccccc1)c1cccs1)C(F)(F)C(F)(F)C(F)(F)C(F)(F)C(F)(F)C(F)(F)F. The molecule has 0 saturated heterocycles. The molecule has 1 heterocycles. The molecule has 1 aromatic heterocycles. The van der Waals surface area contributed by atoms with Crippen LogP contribution in [0.3, 0.4) is 0 Å². The minimum Gasteiger partial charge on any atom is -0.222 e. The smallest absolute Gasteiger partial charge is 0.222 e. The van der Waals surface area contributed by atoms with E-state index in [0.717, 1.165) is 6.07 Å². The van der Waals surface area contributed by atoms with Gasteiger partial charge >= 0.3 is 35.1 Å². The third-order valence-corrected chi connectivity index (χ3v) is 8.95. The van der Waals surface area contributed by atoms with E-state index in [-0.39, 0.29) is 9.77 Å². The van der Waals surface area contributed by atoms with E-state index in [4.69, 9.17) is 0 Å². The summed E-state index contributed by atoms with van der Waals surface area (Å²) in [5.74, 6) is -34.3. The van der Waals surface area contributed by atoms with Gasteiger partial charge in [0.25, 0.3) is 0 Å². The average molecular weight is 602 g/mol. The van der Waals surface area contributed by atoms with Crippen molar-refractivity contribution in [2.75, 3.05) is 5.75 Å². The second-order valence-corrected chi connectivity index (χ2v) is 11.4. The molecule has 0 fully saturated rings. The fourth-order valence-corrected chi connectivity index (χ4v) is 6.64.